The van der Waals surface area contributed by atoms with E-state index in [1.165, 1.54) is 51.4 Å². The standard InChI is InChI=1S/C23H36BrNO3/c1-19(26)20-12-13-22(27-2)21(18-25-15-9-7-10-16-25)23(20)28-17-11-6-4-3-5-8-14-24/h12-13H,3-11,14-18H2,1-2H3. The van der Waals surface area contributed by atoms with Gasteiger partial charge in [0, 0.05) is 11.9 Å². The molecule has 1 aliphatic rings. The van der Waals surface area contributed by atoms with Gasteiger partial charge in [0.1, 0.15) is 11.5 Å². The number of alkyl halides is 1. The van der Waals surface area contributed by atoms with Crippen molar-refractivity contribution in [2.75, 3.05) is 32.1 Å². The van der Waals surface area contributed by atoms with Gasteiger partial charge in [-0.25, -0.2) is 0 Å². The van der Waals surface area contributed by atoms with E-state index in [9.17, 15) is 4.79 Å². The van der Waals surface area contributed by atoms with Crippen molar-refractivity contribution in [2.45, 2.75) is 71.3 Å². The van der Waals surface area contributed by atoms with Gasteiger partial charge in [0.2, 0.25) is 0 Å². The summed E-state index contributed by atoms with van der Waals surface area (Å²) in [4.78, 5) is 14.7. The van der Waals surface area contributed by atoms with Crippen molar-refractivity contribution in [2.24, 2.45) is 0 Å². The second-order valence-corrected chi connectivity index (χ2v) is 8.47. The van der Waals surface area contributed by atoms with Gasteiger partial charge in [0.25, 0.3) is 0 Å². The van der Waals surface area contributed by atoms with E-state index in [1.54, 1.807) is 14.0 Å². The molecule has 1 aliphatic heterocycles. The van der Waals surface area contributed by atoms with Gasteiger partial charge in [-0.2, -0.15) is 0 Å². The van der Waals surface area contributed by atoms with Gasteiger partial charge in [-0.05, 0) is 57.8 Å². The molecule has 2 rings (SSSR count). The quantitative estimate of drug-likeness (QED) is 0.208. The summed E-state index contributed by atoms with van der Waals surface area (Å²) in [6.07, 6.45) is 11.0. The lowest BCUT2D eigenvalue weighted by atomic mass is 10.0. The van der Waals surface area contributed by atoms with Crippen LogP contribution in [0.3, 0.4) is 0 Å². The first kappa shape index (κ1) is 23.2. The predicted octanol–water partition coefficient (Wildman–Crippen LogP) is 6.00. The Labute approximate surface area is 179 Å². The van der Waals surface area contributed by atoms with Crippen LogP contribution in [0, 0.1) is 0 Å². The first-order valence-corrected chi connectivity index (χ1v) is 11.9. The van der Waals surface area contributed by atoms with Crippen molar-refractivity contribution in [1.82, 2.24) is 4.90 Å². The van der Waals surface area contributed by atoms with Crippen molar-refractivity contribution in [3.63, 3.8) is 0 Å². The fraction of sp³-hybridized carbons (Fsp3) is 0.696. The summed E-state index contributed by atoms with van der Waals surface area (Å²) in [6, 6.07) is 3.75. The molecule has 0 radical (unpaired) electrons. The summed E-state index contributed by atoms with van der Waals surface area (Å²) >= 11 is 3.48. The van der Waals surface area contributed by atoms with E-state index >= 15 is 0 Å². The average Bonchev–Trinajstić information content (AvgIpc) is 2.71. The van der Waals surface area contributed by atoms with Crippen LogP contribution >= 0.6 is 15.9 Å². The highest BCUT2D eigenvalue weighted by Gasteiger charge is 2.21. The number of methoxy groups -OCH3 is 1. The number of hydrogen-bond acceptors (Lipinski definition) is 4. The summed E-state index contributed by atoms with van der Waals surface area (Å²) < 4.78 is 11.8. The Hall–Kier alpha value is -1.07. The summed E-state index contributed by atoms with van der Waals surface area (Å²) in [6.45, 7) is 5.25. The van der Waals surface area contributed by atoms with Crippen molar-refractivity contribution in [3.05, 3.63) is 23.3 Å². The summed E-state index contributed by atoms with van der Waals surface area (Å²) in [7, 11) is 1.69. The molecule has 1 heterocycles. The largest absolute Gasteiger partial charge is 0.496 e. The molecule has 1 aromatic carbocycles. The molecule has 0 aliphatic carbocycles. The average molecular weight is 454 g/mol. The first-order valence-electron chi connectivity index (χ1n) is 10.8. The number of Topliss-reactive ketones (excluding diaryl/α,β-unsaturated/α-hetero) is 1. The van der Waals surface area contributed by atoms with E-state index in [1.807, 2.05) is 12.1 Å². The molecule has 28 heavy (non-hydrogen) atoms. The molecule has 158 valence electrons. The van der Waals surface area contributed by atoms with Crippen molar-refractivity contribution in [3.8, 4) is 11.5 Å². The van der Waals surface area contributed by atoms with Crippen LogP contribution in [0.25, 0.3) is 0 Å². The fourth-order valence-corrected chi connectivity index (χ4v) is 4.21. The van der Waals surface area contributed by atoms with Crippen LogP contribution in [0.1, 0.15) is 80.6 Å². The van der Waals surface area contributed by atoms with E-state index in [-0.39, 0.29) is 5.78 Å². The number of ketones is 1. The molecule has 0 aromatic heterocycles. The van der Waals surface area contributed by atoms with E-state index < -0.39 is 0 Å². The lowest BCUT2D eigenvalue weighted by Gasteiger charge is -2.28. The number of hydrogen-bond donors (Lipinski definition) is 0. The minimum absolute atomic E-state index is 0.0484. The van der Waals surface area contributed by atoms with Crippen LogP contribution in [0.2, 0.25) is 0 Å². The summed E-state index contributed by atoms with van der Waals surface area (Å²) in [5, 5.41) is 1.10. The minimum atomic E-state index is 0.0484. The van der Waals surface area contributed by atoms with Crippen LogP contribution in [-0.4, -0.2) is 42.8 Å². The Balaban J connectivity index is 2.02. The van der Waals surface area contributed by atoms with Crippen LogP contribution in [0.15, 0.2) is 12.1 Å². The van der Waals surface area contributed by atoms with Crippen molar-refractivity contribution >= 4 is 21.7 Å². The zero-order chi connectivity index (χ0) is 20.2. The molecule has 0 unspecified atom stereocenters. The summed E-state index contributed by atoms with van der Waals surface area (Å²) in [5.41, 5.74) is 1.69. The third kappa shape index (κ3) is 7.40. The number of rotatable bonds is 13. The van der Waals surface area contributed by atoms with E-state index in [4.69, 9.17) is 9.47 Å². The second kappa shape index (κ2) is 13.2. The molecule has 1 aromatic rings. The first-order chi connectivity index (χ1) is 13.7. The topological polar surface area (TPSA) is 38.8 Å². The number of likely N-dealkylation sites (tertiary alicyclic amines) is 1. The molecule has 5 heteroatoms. The van der Waals surface area contributed by atoms with Gasteiger partial charge in [-0.1, -0.05) is 48.0 Å². The van der Waals surface area contributed by atoms with Gasteiger partial charge < -0.3 is 9.47 Å². The van der Waals surface area contributed by atoms with Crippen LogP contribution < -0.4 is 9.47 Å². The number of halogens is 1. The molecule has 0 N–H and O–H groups in total. The SMILES string of the molecule is COc1ccc(C(C)=O)c(OCCCCCCCCBr)c1CN1CCCCC1. The number of carbonyl (C=O) groups is 1. The number of unbranched alkanes of at least 4 members (excludes halogenated alkanes) is 5. The monoisotopic (exact) mass is 453 g/mol. The third-order valence-electron chi connectivity index (χ3n) is 5.42. The molecule has 0 bridgehead atoms. The molecule has 0 atom stereocenters. The number of piperidine rings is 1. The number of nitrogens with zero attached hydrogens (tertiary/aromatic N) is 1. The smallest absolute Gasteiger partial charge is 0.163 e. The Bertz CT molecular complexity index is 600. The molecular weight excluding hydrogens is 418 g/mol. The lowest BCUT2D eigenvalue weighted by Crippen LogP contribution is -2.29. The molecule has 0 amide bonds. The molecule has 0 spiro atoms. The molecular formula is C23H36BrNO3. The predicted molar refractivity (Wildman–Crippen MR) is 119 cm³/mol. The zero-order valence-electron chi connectivity index (χ0n) is 17.6. The maximum Gasteiger partial charge on any atom is 0.163 e. The lowest BCUT2D eigenvalue weighted by molar-refractivity contribution is 0.101. The minimum Gasteiger partial charge on any atom is -0.496 e. The van der Waals surface area contributed by atoms with Gasteiger partial charge in [0.15, 0.2) is 5.78 Å². The normalized spacial score (nSPS) is 14.8. The molecule has 0 saturated carbocycles. The van der Waals surface area contributed by atoms with E-state index in [2.05, 4.69) is 20.8 Å². The highest BCUT2D eigenvalue weighted by atomic mass is 79.9. The maximum absolute atomic E-state index is 12.2. The zero-order valence-corrected chi connectivity index (χ0v) is 19.2. The van der Waals surface area contributed by atoms with Gasteiger partial charge >= 0.3 is 0 Å². The van der Waals surface area contributed by atoms with Crippen LogP contribution in [0.5, 0.6) is 11.5 Å². The Morgan fingerprint density at radius 1 is 1.04 bits per heavy atom. The highest BCUT2D eigenvalue weighted by molar-refractivity contribution is 9.09. The van der Waals surface area contributed by atoms with E-state index in [0.717, 1.165) is 48.4 Å². The van der Waals surface area contributed by atoms with Gasteiger partial charge in [-0.3, -0.25) is 9.69 Å². The van der Waals surface area contributed by atoms with Crippen molar-refractivity contribution < 1.29 is 14.3 Å². The van der Waals surface area contributed by atoms with Gasteiger partial charge in [-0.15, -0.1) is 0 Å². The fourth-order valence-electron chi connectivity index (χ4n) is 3.81. The third-order valence-corrected chi connectivity index (χ3v) is 5.98. The van der Waals surface area contributed by atoms with Crippen LogP contribution in [0.4, 0.5) is 0 Å². The van der Waals surface area contributed by atoms with Crippen LogP contribution in [-0.2, 0) is 6.54 Å². The maximum atomic E-state index is 12.2. The van der Waals surface area contributed by atoms with Gasteiger partial charge in [0.05, 0.1) is 24.8 Å². The second-order valence-electron chi connectivity index (χ2n) is 7.67. The van der Waals surface area contributed by atoms with Crippen molar-refractivity contribution in [1.29, 1.82) is 0 Å². The Kier molecular flexibility index (Phi) is 10.9. The van der Waals surface area contributed by atoms with E-state index in [0.29, 0.717) is 12.2 Å². The summed E-state index contributed by atoms with van der Waals surface area (Å²) in [5.74, 6) is 1.60. The number of benzene rings is 1. The molecule has 4 nitrogen and oxygen atoms in total. The Morgan fingerprint density at radius 3 is 2.36 bits per heavy atom. The molecule has 1 fully saturated rings. The Morgan fingerprint density at radius 2 is 1.71 bits per heavy atom. The number of carbonyl (C=O) groups excluding carboxylic acids is 1. The highest BCUT2D eigenvalue weighted by Crippen LogP contribution is 2.34. The number of ether oxygens (including phenoxy) is 2. The molecule has 1 saturated heterocycles.